The molecule has 1 rings (SSSR count). The largest absolute Gasteiger partial charge is 0.366 e. The van der Waals surface area contributed by atoms with Crippen molar-refractivity contribution in [1.82, 2.24) is 12.3 Å². The Hall–Kier alpha value is -0.470. The highest BCUT2D eigenvalue weighted by Gasteiger charge is 2.10. The number of halogens is 4. The van der Waals surface area contributed by atoms with Crippen LogP contribution in [-0.4, -0.2) is 17.9 Å². The van der Waals surface area contributed by atoms with Gasteiger partial charge in [-0.15, -0.1) is 12.3 Å². The number of hydrogen-bond donors (Lipinski definition) is 0. The van der Waals surface area contributed by atoms with Crippen molar-refractivity contribution in [3.8, 4) is 0 Å². The van der Waals surface area contributed by atoms with E-state index in [1.807, 2.05) is 20.8 Å². The van der Waals surface area contributed by atoms with Gasteiger partial charge in [-0.25, -0.2) is 14.4 Å². The van der Waals surface area contributed by atoms with Crippen LogP contribution in [0, 0.1) is 0 Å². The van der Waals surface area contributed by atoms with Crippen molar-refractivity contribution in [3.63, 3.8) is 0 Å². The second-order valence-electron chi connectivity index (χ2n) is 3.88. The Morgan fingerprint density at radius 1 is 0.833 bits per heavy atom. The Bertz CT molecular complexity index is 481. The predicted octanol–water partition coefficient (Wildman–Crippen LogP) is 1.13. The maximum Gasteiger partial charge on any atom is 0.366 e. The molecule has 7 nitrogen and oxygen atoms in total. The molecule has 0 aliphatic heterocycles. The van der Waals surface area contributed by atoms with E-state index in [0.717, 1.165) is 0 Å². The Morgan fingerprint density at radius 2 is 1.00 bits per heavy atom. The first kappa shape index (κ1) is 17.5. The Kier molecular flexibility index (Phi) is 6.45. The maximum atomic E-state index is 10.8. The van der Waals surface area contributed by atoms with Crippen molar-refractivity contribution in [2.75, 3.05) is 0 Å². The molecule has 1 aromatic rings. The van der Waals surface area contributed by atoms with E-state index in [-0.39, 0.29) is 17.9 Å². The van der Waals surface area contributed by atoms with Crippen molar-refractivity contribution in [1.29, 1.82) is 0 Å². The third-order valence-electron chi connectivity index (χ3n) is 1.24. The van der Waals surface area contributed by atoms with Crippen LogP contribution in [0.3, 0.4) is 0 Å². The van der Waals surface area contributed by atoms with Gasteiger partial charge in [-0.2, -0.15) is 0 Å². The van der Waals surface area contributed by atoms with Gasteiger partial charge in [0.15, 0.2) is 0 Å². The fraction of sp³-hybridized carbons (Fsp3) is 0.571. The summed E-state index contributed by atoms with van der Waals surface area (Å²) >= 11 is 20.3. The molecule has 0 aromatic carbocycles. The molecule has 0 bridgehead atoms. The second kappa shape index (κ2) is 6.63. The molecule has 104 valence electrons. The zero-order chi connectivity index (χ0) is 14.7. The molecule has 0 N–H and O–H groups in total. The minimum Gasteiger partial charge on any atom is -0.273 e. The predicted molar refractivity (Wildman–Crippen MR) is 69.7 cm³/mol. The molecule has 0 aliphatic rings. The quantitative estimate of drug-likeness (QED) is 0.709. The summed E-state index contributed by atoms with van der Waals surface area (Å²) in [5, 5.41) is 0. The molecule has 0 saturated carbocycles. The van der Waals surface area contributed by atoms with Crippen LogP contribution in [0.5, 0.6) is 0 Å². The Balaban J connectivity index is 0.000000411. The lowest BCUT2D eigenvalue weighted by Gasteiger charge is -2.10. The maximum absolute atomic E-state index is 10.8. The molecule has 1 aromatic heterocycles. The molecule has 0 saturated heterocycles. The van der Waals surface area contributed by atoms with E-state index < -0.39 is 17.1 Å². The first-order chi connectivity index (χ1) is 8.02. The highest BCUT2D eigenvalue weighted by Crippen LogP contribution is 2.07. The fourth-order valence-corrected chi connectivity index (χ4v) is 1.05. The molecule has 0 amide bonds. The highest BCUT2D eigenvalue weighted by molar-refractivity contribution is 6.19. The zero-order valence-electron chi connectivity index (χ0n) is 9.49. The molecular weight excluding hydrogens is 332 g/mol. The summed E-state index contributed by atoms with van der Waals surface area (Å²) in [7, 11) is 0. The topological polar surface area (TPSA) is 75.2 Å². The summed E-state index contributed by atoms with van der Waals surface area (Å²) in [5.41, 5.74) is -3.68. The van der Waals surface area contributed by atoms with Crippen LogP contribution < -0.4 is 17.1 Å². The second-order valence-corrected chi connectivity index (χ2v) is 5.05. The van der Waals surface area contributed by atoms with Crippen LogP contribution in [0.4, 0.5) is 0 Å². The van der Waals surface area contributed by atoms with Gasteiger partial charge < -0.3 is 0 Å². The number of nitrogens with zero attached hydrogens (tertiary/aromatic N) is 3. The van der Waals surface area contributed by atoms with Crippen molar-refractivity contribution in [2.24, 2.45) is 0 Å². The summed E-state index contributed by atoms with van der Waals surface area (Å²) in [6.07, 6.45) is 0. The van der Waals surface area contributed by atoms with Crippen molar-refractivity contribution >= 4 is 47.2 Å². The van der Waals surface area contributed by atoms with E-state index in [4.69, 9.17) is 47.2 Å². The van der Waals surface area contributed by atoms with E-state index in [1.165, 1.54) is 0 Å². The van der Waals surface area contributed by atoms with Gasteiger partial charge in [0.1, 0.15) is 0 Å². The summed E-state index contributed by atoms with van der Waals surface area (Å²) in [6.45, 7) is 5.67. The lowest BCUT2D eigenvalue weighted by molar-refractivity contribution is 0.148. The van der Waals surface area contributed by atoms with Crippen LogP contribution in [0.15, 0.2) is 14.4 Å². The average Bonchev–Trinajstić information content (AvgIpc) is 2.31. The van der Waals surface area contributed by atoms with Gasteiger partial charge in [-0.05, 0) is 20.8 Å². The Labute approximate surface area is 122 Å². The molecular formula is C7H9Cl4N3O4. The molecule has 0 unspecified atom stereocenters. The fourth-order valence-electron chi connectivity index (χ4n) is 0.477. The van der Waals surface area contributed by atoms with Gasteiger partial charge in [-0.3, -0.25) is 4.29 Å². The van der Waals surface area contributed by atoms with Crippen molar-refractivity contribution in [2.45, 2.75) is 26.4 Å². The molecule has 0 atom stereocenters. The summed E-state index contributed by atoms with van der Waals surface area (Å²) in [6, 6.07) is 0. The van der Waals surface area contributed by atoms with Crippen LogP contribution in [0.2, 0.25) is 0 Å². The minimum atomic E-state index is -1.16. The standard InChI is InChI=1S/C4H9ClO.C3Cl3N3O3/c1-4(2,3)6-5;4-7-1(10)8(5)3(12)9(6)2(7)11/h1-3H3;. The lowest BCUT2D eigenvalue weighted by Crippen LogP contribution is -2.47. The molecule has 1 heterocycles. The summed E-state index contributed by atoms with van der Waals surface area (Å²) in [4.78, 5) is 32.3. The average molecular weight is 341 g/mol. The van der Waals surface area contributed by atoms with E-state index in [0.29, 0.717) is 0 Å². The molecule has 11 heteroatoms. The number of hydrogen-bond acceptors (Lipinski definition) is 4. The van der Waals surface area contributed by atoms with Gasteiger partial charge in [0, 0.05) is 35.3 Å². The van der Waals surface area contributed by atoms with E-state index >= 15 is 0 Å². The monoisotopic (exact) mass is 339 g/mol. The number of aromatic nitrogens is 3. The normalized spacial score (nSPS) is 10.8. The van der Waals surface area contributed by atoms with Crippen LogP contribution >= 0.6 is 47.2 Å². The van der Waals surface area contributed by atoms with E-state index in [9.17, 15) is 14.4 Å². The first-order valence-corrected chi connectivity index (χ1v) is 5.64. The van der Waals surface area contributed by atoms with Gasteiger partial charge in [-0.1, -0.05) is 0 Å². The van der Waals surface area contributed by atoms with Gasteiger partial charge >= 0.3 is 17.1 Å². The molecule has 0 spiro atoms. The molecule has 0 radical (unpaired) electrons. The van der Waals surface area contributed by atoms with Crippen LogP contribution in [0.25, 0.3) is 0 Å². The van der Waals surface area contributed by atoms with E-state index in [1.54, 1.807) is 0 Å². The minimum absolute atomic E-state index is 0.0847. The van der Waals surface area contributed by atoms with Crippen LogP contribution in [-0.2, 0) is 4.29 Å². The third-order valence-corrected chi connectivity index (χ3v) is 2.57. The SMILES string of the molecule is CC(C)(C)OCl.O=c1n(Cl)c(=O)n(Cl)c(=O)n1Cl. The van der Waals surface area contributed by atoms with E-state index in [2.05, 4.69) is 4.29 Å². The molecule has 0 fully saturated rings. The zero-order valence-corrected chi connectivity index (χ0v) is 12.5. The Morgan fingerprint density at radius 3 is 1.11 bits per heavy atom. The number of rotatable bonds is 0. The van der Waals surface area contributed by atoms with Gasteiger partial charge in [0.05, 0.1) is 17.5 Å². The third kappa shape index (κ3) is 4.66. The molecule has 18 heavy (non-hydrogen) atoms. The lowest BCUT2D eigenvalue weighted by atomic mass is 10.2. The first-order valence-electron chi connectivity index (χ1n) is 4.32. The summed E-state index contributed by atoms with van der Waals surface area (Å²) < 4.78 is 4.66. The summed E-state index contributed by atoms with van der Waals surface area (Å²) in [5.74, 6) is 0. The van der Waals surface area contributed by atoms with Gasteiger partial charge in [0.2, 0.25) is 0 Å². The molecule has 0 aliphatic carbocycles. The smallest absolute Gasteiger partial charge is 0.273 e. The van der Waals surface area contributed by atoms with Crippen molar-refractivity contribution in [3.05, 3.63) is 31.5 Å². The highest BCUT2D eigenvalue weighted by atomic mass is 35.5. The van der Waals surface area contributed by atoms with Crippen molar-refractivity contribution < 1.29 is 4.29 Å². The van der Waals surface area contributed by atoms with Crippen LogP contribution in [0.1, 0.15) is 20.8 Å². The van der Waals surface area contributed by atoms with Gasteiger partial charge in [0.25, 0.3) is 0 Å².